The minimum atomic E-state index is -0.0717. The van der Waals surface area contributed by atoms with Crippen LogP contribution in [0.3, 0.4) is 0 Å². The monoisotopic (exact) mass is 373 g/mol. The molecule has 2 aromatic carbocycles. The average molecular weight is 373 g/mol. The van der Waals surface area contributed by atoms with Crippen LogP contribution in [-0.4, -0.2) is 32.8 Å². The van der Waals surface area contributed by atoms with E-state index in [1.54, 1.807) is 11.6 Å². The van der Waals surface area contributed by atoms with Crippen LogP contribution in [0.5, 0.6) is 5.75 Å². The highest BCUT2D eigenvalue weighted by molar-refractivity contribution is 5.92. The molecule has 7 heteroatoms. The minimum absolute atomic E-state index is 0.0717. The van der Waals surface area contributed by atoms with Crippen molar-refractivity contribution in [2.24, 2.45) is 0 Å². The molecule has 0 saturated heterocycles. The van der Waals surface area contributed by atoms with Crippen molar-refractivity contribution in [2.45, 2.75) is 13.3 Å². The van der Waals surface area contributed by atoms with Gasteiger partial charge in [-0.1, -0.05) is 24.3 Å². The highest BCUT2D eigenvalue weighted by atomic mass is 16.5. The van der Waals surface area contributed by atoms with Crippen molar-refractivity contribution in [2.75, 3.05) is 12.4 Å². The number of amides is 1. The number of nitrogens with zero attached hydrogens (tertiary/aromatic N) is 4. The Hall–Kier alpha value is -3.74. The number of ether oxygens (including phenoxy) is 1. The first kappa shape index (κ1) is 17.7. The molecule has 0 saturated carbocycles. The number of anilines is 1. The molecule has 0 atom stereocenters. The molecule has 0 fully saturated rings. The zero-order valence-corrected chi connectivity index (χ0v) is 15.6. The van der Waals surface area contributed by atoms with Crippen LogP contribution < -0.4 is 10.1 Å². The summed E-state index contributed by atoms with van der Waals surface area (Å²) in [5, 5.41) is 15.5. The lowest BCUT2D eigenvalue weighted by Gasteiger charge is -2.07. The number of carbonyl (C=O) groups excluding carboxylic acids is 1. The van der Waals surface area contributed by atoms with Crippen molar-refractivity contribution in [3.8, 4) is 17.0 Å². The maximum Gasteiger partial charge on any atom is 0.228 e. The third kappa shape index (κ3) is 3.68. The number of carbonyl (C=O) groups is 1. The van der Waals surface area contributed by atoms with Crippen LogP contribution in [0.1, 0.15) is 11.4 Å². The Labute approximate surface area is 162 Å². The standard InChI is InChI=1S/C21H19N5O2/c1-14-23-24-20-12-11-19(25-26(14)20)16-5-7-17(8-6-16)22-21(27)13-15-3-9-18(28-2)10-4-15/h3-12H,13H2,1-2H3,(H,22,27). The van der Waals surface area contributed by atoms with E-state index >= 15 is 0 Å². The Balaban J connectivity index is 1.44. The zero-order valence-electron chi connectivity index (χ0n) is 15.6. The first-order valence-electron chi connectivity index (χ1n) is 8.85. The predicted octanol–water partition coefficient (Wildman–Crippen LogP) is 3.29. The summed E-state index contributed by atoms with van der Waals surface area (Å²) in [6.45, 7) is 1.86. The smallest absolute Gasteiger partial charge is 0.228 e. The molecule has 0 aliphatic rings. The molecule has 2 heterocycles. The molecule has 0 unspecified atom stereocenters. The van der Waals surface area contributed by atoms with Crippen LogP contribution in [0.25, 0.3) is 16.9 Å². The molecule has 140 valence electrons. The van der Waals surface area contributed by atoms with Crippen LogP contribution >= 0.6 is 0 Å². The highest BCUT2D eigenvalue weighted by Gasteiger charge is 2.07. The van der Waals surface area contributed by atoms with E-state index in [0.717, 1.165) is 34.1 Å². The maximum absolute atomic E-state index is 12.3. The van der Waals surface area contributed by atoms with Gasteiger partial charge in [-0.2, -0.15) is 9.61 Å². The lowest BCUT2D eigenvalue weighted by atomic mass is 10.1. The van der Waals surface area contributed by atoms with Gasteiger partial charge in [-0.3, -0.25) is 4.79 Å². The fourth-order valence-corrected chi connectivity index (χ4v) is 2.91. The molecular formula is C21H19N5O2. The van der Waals surface area contributed by atoms with Crippen LogP contribution in [0, 0.1) is 6.92 Å². The summed E-state index contributed by atoms with van der Waals surface area (Å²) in [5.74, 6) is 1.44. The third-order valence-electron chi connectivity index (χ3n) is 4.41. The predicted molar refractivity (Wildman–Crippen MR) is 106 cm³/mol. The molecule has 0 aliphatic carbocycles. The van der Waals surface area contributed by atoms with Crippen LogP contribution in [0.4, 0.5) is 5.69 Å². The third-order valence-corrected chi connectivity index (χ3v) is 4.41. The van der Waals surface area contributed by atoms with Crippen molar-refractivity contribution in [1.29, 1.82) is 0 Å². The average Bonchev–Trinajstić information content (AvgIpc) is 3.09. The number of hydrogen-bond donors (Lipinski definition) is 1. The van der Waals surface area contributed by atoms with E-state index in [4.69, 9.17) is 4.74 Å². The molecular weight excluding hydrogens is 354 g/mol. The van der Waals surface area contributed by atoms with Crippen molar-refractivity contribution >= 4 is 17.2 Å². The number of nitrogens with one attached hydrogen (secondary N) is 1. The second kappa shape index (κ2) is 7.48. The molecule has 28 heavy (non-hydrogen) atoms. The highest BCUT2D eigenvalue weighted by Crippen LogP contribution is 2.20. The SMILES string of the molecule is COc1ccc(CC(=O)Nc2ccc(-c3ccc4nnc(C)n4n3)cc2)cc1. The first-order chi connectivity index (χ1) is 13.6. The number of methoxy groups -OCH3 is 1. The van der Waals surface area contributed by atoms with Gasteiger partial charge in [0.05, 0.1) is 19.2 Å². The molecule has 1 amide bonds. The van der Waals surface area contributed by atoms with E-state index in [1.807, 2.05) is 67.6 Å². The van der Waals surface area contributed by atoms with Crippen molar-refractivity contribution in [3.05, 3.63) is 72.1 Å². The molecule has 0 aliphatic heterocycles. The van der Waals surface area contributed by atoms with E-state index < -0.39 is 0 Å². The quantitative estimate of drug-likeness (QED) is 0.581. The van der Waals surface area contributed by atoms with E-state index in [9.17, 15) is 4.79 Å². The lowest BCUT2D eigenvalue weighted by Crippen LogP contribution is -2.14. The van der Waals surface area contributed by atoms with Gasteiger partial charge in [0.15, 0.2) is 11.5 Å². The molecule has 4 aromatic rings. The van der Waals surface area contributed by atoms with E-state index in [-0.39, 0.29) is 5.91 Å². The van der Waals surface area contributed by atoms with Gasteiger partial charge in [0.25, 0.3) is 0 Å². The van der Waals surface area contributed by atoms with E-state index in [1.165, 1.54) is 0 Å². The molecule has 0 radical (unpaired) electrons. The number of rotatable bonds is 5. The summed E-state index contributed by atoms with van der Waals surface area (Å²) < 4.78 is 6.84. The summed E-state index contributed by atoms with van der Waals surface area (Å²) in [7, 11) is 1.62. The second-order valence-corrected chi connectivity index (χ2v) is 6.39. The Morgan fingerprint density at radius 2 is 1.75 bits per heavy atom. The van der Waals surface area contributed by atoms with Gasteiger partial charge >= 0.3 is 0 Å². The van der Waals surface area contributed by atoms with E-state index in [2.05, 4.69) is 20.6 Å². The zero-order chi connectivity index (χ0) is 19.5. The normalized spacial score (nSPS) is 10.8. The first-order valence-corrected chi connectivity index (χ1v) is 8.85. The van der Waals surface area contributed by atoms with Gasteiger partial charge in [0.2, 0.25) is 5.91 Å². The largest absolute Gasteiger partial charge is 0.497 e. The van der Waals surface area contributed by atoms with Crippen LogP contribution in [0.15, 0.2) is 60.7 Å². The van der Waals surface area contributed by atoms with Gasteiger partial charge in [-0.25, -0.2) is 0 Å². The molecule has 0 spiro atoms. The Bertz CT molecular complexity index is 1120. The lowest BCUT2D eigenvalue weighted by molar-refractivity contribution is -0.115. The molecule has 4 rings (SSSR count). The number of hydrogen-bond acceptors (Lipinski definition) is 5. The molecule has 1 N–H and O–H groups in total. The summed E-state index contributed by atoms with van der Waals surface area (Å²) in [6.07, 6.45) is 0.302. The van der Waals surface area contributed by atoms with Crippen LogP contribution in [0.2, 0.25) is 0 Å². The van der Waals surface area contributed by atoms with Gasteiger partial charge < -0.3 is 10.1 Å². The summed E-state index contributed by atoms with van der Waals surface area (Å²) >= 11 is 0. The van der Waals surface area contributed by atoms with Crippen molar-refractivity contribution in [3.63, 3.8) is 0 Å². The summed E-state index contributed by atoms with van der Waals surface area (Å²) in [4.78, 5) is 12.3. The Morgan fingerprint density at radius 3 is 2.46 bits per heavy atom. The molecule has 0 bridgehead atoms. The Kier molecular flexibility index (Phi) is 4.72. The van der Waals surface area contributed by atoms with Crippen LogP contribution in [-0.2, 0) is 11.2 Å². The fourth-order valence-electron chi connectivity index (χ4n) is 2.91. The number of aromatic nitrogens is 4. The fraction of sp³-hybridized carbons (Fsp3) is 0.143. The number of benzene rings is 2. The number of aryl methyl sites for hydroxylation is 1. The second-order valence-electron chi connectivity index (χ2n) is 6.39. The Morgan fingerprint density at radius 1 is 1.00 bits per heavy atom. The molecule has 2 aromatic heterocycles. The topological polar surface area (TPSA) is 81.4 Å². The van der Waals surface area contributed by atoms with Gasteiger partial charge in [-0.15, -0.1) is 10.2 Å². The van der Waals surface area contributed by atoms with Gasteiger partial charge in [-0.05, 0) is 48.9 Å². The van der Waals surface area contributed by atoms with Gasteiger partial charge in [0, 0.05) is 11.3 Å². The van der Waals surface area contributed by atoms with E-state index in [0.29, 0.717) is 12.1 Å². The van der Waals surface area contributed by atoms with Crippen molar-refractivity contribution in [1.82, 2.24) is 19.8 Å². The van der Waals surface area contributed by atoms with Crippen molar-refractivity contribution < 1.29 is 9.53 Å². The van der Waals surface area contributed by atoms with Gasteiger partial charge in [0.1, 0.15) is 5.75 Å². The molecule has 7 nitrogen and oxygen atoms in total. The minimum Gasteiger partial charge on any atom is -0.497 e. The summed E-state index contributed by atoms with van der Waals surface area (Å²) in [5.41, 5.74) is 4.14. The number of fused-ring (bicyclic) bond motifs is 1. The summed E-state index contributed by atoms with van der Waals surface area (Å²) in [6, 6.07) is 18.8. The maximum atomic E-state index is 12.3.